The van der Waals surface area contributed by atoms with Crippen LogP contribution >= 0.6 is 0 Å². The van der Waals surface area contributed by atoms with E-state index in [2.05, 4.69) is 16.5 Å². The molecular weight excluding hydrogens is 320 g/mol. The van der Waals surface area contributed by atoms with Crippen molar-refractivity contribution in [2.24, 2.45) is 23.7 Å². The summed E-state index contributed by atoms with van der Waals surface area (Å²) in [5, 5.41) is 3.47. The minimum atomic E-state index is -0.745. The summed E-state index contributed by atoms with van der Waals surface area (Å²) in [6.07, 6.45) is 8.81. The van der Waals surface area contributed by atoms with Gasteiger partial charge in [0.25, 0.3) is 0 Å². The molecule has 24 heavy (non-hydrogen) atoms. The van der Waals surface area contributed by atoms with Gasteiger partial charge in [-0.15, -0.1) is 0 Å². The second-order valence-electron chi connectivity index (χ2n) is 8.01. The van der Waals surface area contributed by atoms with Crippen molar-refractivity contribution in [3.63, 3.8) is 0 Å². The van der Waals surface area contributed by atoms with Gasteiger partial charge in [0.15, 0.2) is 0 Å². The zero-order chi connectivity index (χ0) is 16.8. The third kappa shape index (κ3) is 5.52. The van der Waals surface area contributed by atoms with Crippen molar-refractivity contribution in [1.29, 1.82) is 0 Å². The number of nitrogens with zero attached hydrogens (tertiary/aromatic N) is 1. The summed E-state index contributed by atoms with van der Waals surface area (Å²) in [6.45, 7) is 8.40. The number of rotatable bonds is 9. The highest BCUT2D eigenvalue weighted by Crippen LogP contribution is 2.49. The van der Waals surface area contributed by atoms with Crippen molar-refractivity contribution in [2.75, 3.05) is 45.1 Å². The Balaban J connectivity index is 1.22. The zero-order valence-corrected chi connectivity index (χ0v) is 16.2. The van der Waals surface area contributed by atoms with E-state index in [1.807, 2.05) is 0 Å². The van der Waals surface area contributed by atoms with Crippen molar-refractivity contribution < 1.29 is 8.95 Å². The summed E-state index contributed by atoms with van der Waals surface area (Å²) in [5.74, 6) is 4.45. The first-order valence-electron chi connectivity index (χ1n) is 10.2. The molecule has 5 heteroatoms. The van der Waals surface area contributed by atoms with E-state index in [0.717, 1.165) is 69.1 Å². The van der Waals surface area contributed by atoms with Crippen LogP contribution < -0.4 is 5.32 Å². The van der Waals surface area contributed by atoms with Crippen molar-refractivity contribution >= 4 is 11.0 Å². The van der Waals surface area contributed by atoms with Crippen LogP contribution in [0.25, 0.3) is 0 Å². The molecule has 0 amide bonds. The second-order valence-corrected chi connectivity index (χ2v) is 9.58. The molecular formula is C19H36N2O2S. The molecule has 3 aliphatic rings. The zero-order valence-electron chi connectivity index (χ0n) is 15.4. The minimum Gasteiger partial charge on any atom is -0.381 e. The molecule has 1 saturated carbocycles. The summed E-state index contributed by atoms with van der Waals surface area (Å²) >= 11 is 0. The van der Waals surface area contributed by atoms with Crippen LogP contribution in [0.15, 0.2) is 0 Å². The van der Waals surface area contributed by atoms with Gasteiger partial charge in [0, 0.05) is 32.1 Å². The second kappa shape index (κ2) is 9.65. The molecule has 140 valence electrons. The first-order chi connectivity index (χ1) is 11.8. The Morgan fingerprint density at radius 2 is 1.92 bits per heavy atom. The van der Waals surface area contributed by atoms with E-state index in [-0.39, 0.29) is 0 Å². The maximum Gasteiger partial charge on any atom is 0.0942 e. The molecule has 0 radical (unpaired) electrons. The Kier molecular flexibility index (Phi) is 7.56. The van der Waals surface area contributed by atoms with Gasteiger partial charge in [0.1, 0.15) is 0 Å². The van der Waals surface area contributed by atoms with Gasteiger partial charge in [-0.25, -0.2) is 8.51 Å². The van der Waals surface area contributed by atoms with Gasteiger partial charge in [-0.2, -0.15) is 0 Å². The Hall–Kier alpha value is 0.0300. The standard InChI is InChI=1S/C19H36N2O2S/c1-2-13-24(22)21-10-5-16(6-11-21)15-23-12-7-18-14-19(18)17-3-8-20-9-4-17/h16-20H,2-15H2,1H3. The Morgan fingerprint density at radius 3 is 2.62 bits per heavy atom. The van der Waals surface area contributed by atoms with Crippen LogP contribution in [0.5, 0.6) is 0 Å². The molecule has 0 spiro atoms. The topological polar surface area (TPSA) is 41.6 Å². The van der Waals surface area contributed by atoms with Crippen molar-refractivity contribution in [2.45, 2.75) is 51.9 Å². The van der Waals surface area contributed by atoms with Gasteiger partial charge in [0.05, 0.1) is 11.0 Å². The third-order valence-electron chi connectivity index (χ3n) is 6.19. The minimum absolute atomic E-state index is 0.680. The van der Waals surface area contributed by atoms with Gasteiger partial charge < -0.3 is 10.1 Å². The molecule has 0 aromatic carbocycles. The van der Waals surface area contributed by atoms with Crippen LogP contribution in [-0.2, 0) is 15.7 Å². The molecule has 2 heterocycles. The molecule has 0 aromatic heterocycles. The fraction of sp³-hybridized carbons (Fsp3) is 1.00. The Labute approximate surface area is 150 Å². The summed E-state index contributed by atoms with van der Waals surface area (Å²) in [4.78, 5) is 0. The number of piperidine rings is 2. The number of hydrogen-bond donors (Lipinski definition) is 1. The van der Waals surface area contributed by atoms with E-state index in [1.165, 1.54) is 38.8 Å². The van der Waals surface area contributed by atoms with Crippen LogP contribution in [-0.4, -0.2) is 53.7 Å². The maximum absolute atomic E-state index is 12.0. The first kappa shape index (κ1) is 18.8. The van der Waals surface area contributed by atoms with Gasteiger partial charge in [-0.3, -0.25) is 0 Å². The molecule has 0 aromatic rings. The third-order valence-corrected chi connectivity index (χ3v) is 7.89. The van der Waals surface area contributed by atoms with E-state index in [9.17, 15) is 4.21 Å². The molecule has 4 nitrogen and oxygen atoms in total. The van der Waals surface area contributed by atoms with Crippen LogP contribution in [0, 0.1) is 23.7 Å². The maximum atomic E-state index is 12.0. The Bertz CT molecular complexity index is 393. The highest BCUT2D eigenvalue weighted by Gasteiger charge is 2.42. The lowest BCUT2D eigenvalue weighted by atomic mass is 9.91. The van der Waals surface area contributed by atoms with Gasteiger partial charge in [0.2, 0.25) is 0 Å². The highest BCUT2D eigenvalue weighted by atomic mass is 32.2. The number of hydrogen-bond acceptors (Lipinski definition) is 3. The van der Waals surface area contributed by atoms with Crippen LogP contribution in [0.3, 0.4) is 0 Å². The average molecular weight is 357 g/mol. The molecule has 3 rings (SSSR count). The predicted octanol–water partition coefficient (Wildman–Crippen LogP) is 2.81. The van der Waals surface area contributed by atoms with E-state index in [1.54, 1.807) is 0 Å². The molecule has 1 N–H and O–H groups in total. The lowest BCUT2D eigenvalue weighted by Crippen LogP contribution is -2.37. The van der Waals surface area contributed by atoms with Gasteiger partial charge in [-0.1, -0.05) is 6.92 Å². The van der Waals surface area contributed by atoms with Crippen molar-refractivity contribution in [3.8, 4) is 0 Å². The smallest absolute Gasteiger partial charge is 0.0942 e. The van der Waals surface area contributed by atoms with Crippen LogP contribution in [0.2, 0.25) is 0 Å². The molecule has 1 aliphatic carbocycles. The fourth-order valence-corrected chi connectivity index (χ4v) is 5.75. The van der Waals surface area contributed by atoms with Gasteiger partial charge >= 0.3 is 0 Å². The largest absolute Gasteiger partial charge is 0.381 e. The lowest BCUT2D eigenvalue weighted by Gasteiger charge is -2.30. The molecule has 3 fully saturated rings. The average Bonchev–Trinajstić information content (AvgIpc) is 3.40. The first-order valence-corrected chi connectivity index (χ1v) is 11.5. The van der Waals surface area contributed by atoms with E-state index < -0.39 is 11.0 Å². The van der Waals surface area contributed by atoms with Crippen molar-refractivity contribution in [1.82, 2.24) is 9.62 Å². The Morgan fingerprint density at radius 1 is 1.17 bits per heavy atom. The predicted molar refractivity (Wildman–Crippen MR) is 100 cm³/mol. The molecule has 3 atom stereocenters. The summed E-state index contributed by atoms with van der Waals surface area (Å²) in [7, 11) is -0.745. The summed E-state index contributed by atoms with van der Waals surface area (Å²) in [6, 6.07) is 0. The van der Waals surface area contributed by atoms with E-state index in [0.29, 0.717) is 5.92 Å². The lowest BCUT2D eigenvalue weighted by molar-refractivity contribution is 0.0750. The molecule has 2 saturated heterocycles. The molecule has 0 bridgehead atoms. The molecule has 3 unspecified atom stereocenters. The quantitative estimate of drug-likeness (QED) is 0.646. The summed E-state index contributed by atoms with van der Waals surface area (Å²) in [5.41, 5.74) is 0. The number of ether oxygens (including phenoxy) is 1. The fourth-order valence-electron chi connectivity index (χ4n) is 4.52. The van der Waals surface area contributed by atoms with E-state index >= 15 is 0 Å². The normalized spacial score (nSPS) is 31.2. The van der Waals surface area contributed by atoms with Crippen molar-refractivity contribution in [3.05, 3.63) is 0 Å². The van der Waals surface area contributed by atoms with Gasteiger partial charge in [-0.05, 0) is 81.7 Å². The van der Waals surface area contributed by atoms with Crippen LogP contribution in [0.4, 0.5) is 0 Å². The molecule has 2 aliphatic heterocycles. The SMILES string of the molecule is CCCS(=O)N1CCC(COCCC2CC2C2CCNCC2)CC1. The summed E-state index contributed by atoms with van der Waals surface area (Å²) < 4.78 is 20.2. The highest BCUT2D eigenvalue weighted by molar-refractivity contribution is 7.82. The number of nitrogens with one attached hydrogen (secondary N) is 1. The van der Waals surface area contributed by atoms with Crippen LogP contribution in [0.1, 0.15) is 51.9 Å². The van der Waals surface area contributed by atoms with E-state index in [4.69, 9.17) is 4.74 Å². The monoisotopic (exact) mass is 356 g/mol.